The van der Waals surface area contributed by atoms with Crippen LogP contribution < -0.4 is 5.32 Å². The maximum atomic E-state index is 12.1. The summed E-state index contributed by atoms with van der Waals surface area (Å²) < 4.78 is 0. The van der Waals surface area contributed by atoms with Crippen LogP contribution in [-0.2, 0) is 6.54 Å². The van der Waals surface area contributed by atoms with Crippen molar-refractivity contribution in [1.82, 2.24) is 15.1 Å². The van der Waals surface area contributed by atoms with Crippen molar-refractivity contribution in [2.24, 2.45) is 0 Å². The van der Waals surface area contributed by atoms with Gasteiger partial charge in [-0.15, -0.1) is 5.10 Å². The highest BCUT2D eigenvalue weighted by molar-refractivity contribution is 5.88. The average molecular weight is 272 g/mol. The van der Waals surface area contributed by atoms with E-state index in [1.54, 1.807) is 12.1 Å². The predicted molar refractivity (Wildman–Crippen MR) is 75.0 cm³/mol. The molecule has 2 amide bonds. The van der Waals surface area contributed by atoms with Crippen LogP contribution in [0.1, 0.15) is 5.56 Å². The highest BCUT2D eigenvalue weighted by Gasteiger charge is 2.14. The topological polar surface area (TPSA) is 78.4 Å². The molecule has 2 aromatic rings. The summed E-state index contributed by atoms with van der Waals surface area (Å²) in [5.41, 5.74) is 0.996. The largest absolute Gasteiger partial charge is 0.395 e. The van der Waals surface area contributed by atoms with E-state index in [4.69, 9.17) is 5.11 Å². The number of carbonyl (C=O) groups excluding carboxylic acids is 1. The molecule has 1 aromatic heterocycles. The van der Waals surface area contributed by atoms with Crippen molar-refractivity contribution in [2.45, 2.75) is 6.54 Å². The summed E-state index contributed by atoms with van der Waals surface area (Å²) in [6.45, 7) is 0.579. The molecule has 0 unspecified atom stereocenters. The lowest BCUT2D eigenvalue weighted by Crippen LogP contribution is -2.36. The number of benzene rings is 1. The van der Waals surface area contributed by atoms with Gasteiger partial charge in [-0.2, -0.15) is 5.10 Å². The van der Waals surface area contributed by atoms with Gasteiger partial charge in [0, 0.05) is 19.3 Å². The Bertz CT molecular complexity index is 533. The Labute approximate surface area is 117 Å². The smallest absolute Gasteiger partial charge is 0.323 e. The van der Waals surface area contributed by atoms with E-state index in [1.165, 1.54) is 11.1 Å². The first-order valence-corrected chi connectivity index (χ1v) is 6.28. The van der Waals surface area contributed by atoms with Crippen LogP contribution in [0.25, 0.3) is 0 Å². The summed E-state index contributed by atoms with van der Waals surface area (Å²) in [6.07, 6.45) is 1.53. The zero-order valence-electron chi connectivity index (χ0n) is 10.9. The van der Waals surface area contributed by atoms with Gasteiger partial charge in [0.2, 0.25) is 0 Å². The predicted octanol–water partition coefficient (Wildman–Crippen LogP) is 1.50. The van der Waals surface area contributed by atoms with Crippen molar-refractivity contribution in [2.75, 3.05) is 18.5 Å². The van der Waals surface area contributed by atoms with Gasteiger partial charge in [-0.3, -0.25) is 5.32 Å². The van der Waals surface area contributed by atoms with Gasteiger partial charge in [0.25, 0.3) is 0 Å². The van der Waals surface area contributed by atoms with Crippen molar-refractivity contribution in [3.8, 4) is 0 Å². The number of nitrogens with one attached hydrogen (secondary N) is 1. The van der Waals surface area contributed by atoms with Gasteiger partial charge < -0.3 is 10.0 Å². The van der Waals surface area contributed by atoms with E-state index in [9.17, 15) is 4.79 Å². The van der Waals surface area contributed by atoms with Crippen molar-refractivity contribution in [3.63, 3.8) is 0 Å². The Morgan fingerprint density at radius 2 is 2.00 bits per heavy atom. The zero-order valence-corrected chi connectivity index (χ0v) is 10.9. The third kappa shape index (κ3) is 4.03. The van der Waals surface area contributed by atoms with Crippen LogP contribution in [0.2, 0.25) is 0 Å². The standard InChI is InChI=1S/C14H16N4O2/c19-10-9-18(11-12-5-2-1-3-6-12)14(20)16-13-7-4-8-15-17-13/h1-8,19H,9-11H2,(H,16,17,20). The number of aliphatic hydroxyl groups is 1. The second-order valence-corrected chi connectivity index (χ2v) is 4.17. The quantitative estimate of drug-likeness (QED) is 0.864. The van der Waals surface area contributed by atoms with Crippen LogP contribution >= 0.6 is 0 Å². The Kier molecular flexibility index (Phi) is 5.02. The minimum atomic E-state index is -0.316. The molecule has 2 N–H and O–H groups in total. The van der Waals surface area contributed by atoms with E-state index < -0.39 is 0 Å². The average Bonchev–Trinajstić information content (AvgIpc) is 2.49. The molecule has 1 heterocycles. The number of hydrogen-bond donors (Lipinski definition) is 2. The minimum Gasteiger partial charge on any atom is -0.395 e. The fraction of sp³-hybridized carbons (Fsp3) is 0.214. The molecule has 0 aliphatic heterocycles. The molecular weight excluding hydrogens is 256 g/mol. The molecule has 0 aliphatic carbocycles. The highest BCUT2D eigenvalue weighted by Crippen LogP contribution is 2.07. The number of aliphatic hydroxyl groups excluding tert-OH is 1. The highest BCUT2D eigenvalue weighted by atomic mass is 16.3. The van der Waals surface area contributed by atoms with Crippen molar-refractivity contribution in [1.29, 1.82) is 0 Å². The van der Waals surface area contributed by atoms with Crippen LogP contribution in [0.15, 0.2) is 48.7 Å². The fourth-order valence-electron chi connectivity index (χ4n) is 1.73. The summed E-state index contributed by atoms with van der Waals surface area (Å²) in [5, 5.41) is 19.2. The Hall–Kier alpha value is -2.47. The number of urea groups is 1. The summed E-state index contributed by atoms with van der Waals surface area (Å²) in [5.74, 6) is 0.383. The van der Waals surface area contributed by atoms with E-state index in [0.29, 0.717) is 12.4 Å². The summed E-state index contributed by atoms with van der Waals surface area (Å²) >= 11 is 0. The first kappa shape index (κ1) is 14.0. The molecular formula is C14H16N4O2. The maximum absolute atomic E-state index is 12.1. The number of anilines is 1. The van der Waals surface area contributed by atoms with Gasteiger partial charge in [0.15, 0.2) is 5.82 Å². The molecule has 0 saturated heterocycles. The van der Waals surface area contributed by atoms with Gasteiger partial charge in [0.05, 0.1) is 6.61 Å². The van der Waals surface area contributed by atoms with Crippen LogP contribution in [0, 0.1) is 0 Å². The van der Waals surface area contributed by atoms with Gasteiger partial charge in [-0.25, -0.2) is 4.79 Å². The second kappa shape index (κ2) is 7.20. The fourth-order valence-corrected chi connectivity index (χ4v) is 1.73. The molecule has 104 valence electrons. The molecule has 20 heavy (non-hydrogen) atoms. The van der Waals surface area contributed by atoms with E-state index in [-0.39, 0.29) is 19.2 Å². The van der Waals surface area contributed by atoms with E-state index >= 15 is 0 Å². The lowest BCUT2D eigenvalue weighted by molar-refractivity contribution is 0.185. The van der Waals surface area contributed by atoms with Crippen molar-refractivity contribution < 1.29 is 9.90 Å². The van der Waals surface area contributed by atoms with Gasteiger partial charge >= 0.3 is 6.03 Å². The monoisotopic (exact) mass is 272 g/mol. The third-order valence-electron chi connectivity index (χ3n) is 2.68. The zero-order chi connectivity index (χ0) is 14.2. The Morgan fingerprint density at radius 1 is 1.20 bits per heavy atom. The van der Waals surface area contributed by atoms with Crippen molar-refractivity contribution >= 4 is 11.8 Å². The number of carbonyl (C=O) groups is 1. The van der Waals surface area contributed by atoms with Gasteiger partial charge in [0.1, 0.15) is 0 Å². The molecule has 0 aliphatic rings. The number of rotatable bonds is 5. The van der Waals surface area contributed by atoms with Crippen LogP contribution in [0.3, 0.4) is 0 Å². The lowest BCUT2D eigenvalue weighted by atomic mass is 10.2. The van der Waals surface area contributed by atoms with E-state index in [1.807, 2.05) is 30.3 Å². The SMILES string of the molecule is O=C(Nc1cccnn1)N(CCO)Cc1ccccc1. The number of amides is 2. The van der Waals surface area contributed by atoms with Crippen LogP contribution in [0.5, 0.6) is 0 Å². The number of nitrogens with zero attached hydrogens (tertiary/aromatic N) is 3. The molecule has 0 atom stereocenters. The van der Waals surface area contributed by atoms with Crippen LogP contribution in [-0.4, -0.2) is 39.4 Å². The molecule has 2 rings (SSSR count). The molecule has 0 spiro atoms. The Balaban J connectivity index is 2.02. The normalized spacial score (nSPS) is 10.1. The second-order valence-electron chi connectivity index (χ2n) is 4.17. The van der Waals surface area contributed by atoms with Gasteiger partial charge in [-0.1, -0.05) is 30.3 Å². The number of aromatic nitrogens is 2. The lowest BCUT2D eigenvalue weighted by Gasteiger charge is -2.21. The molecule has 1 aromatic carbocycles. The molecule has 0 bridgehead atoms. The first-order chi connectivity index (χ1) is 9.79. The van der Waals surface area contributed by atoms with E-state index in [2.05, 4.69) is 15.5 Å². The van der Waals surface area contributed by atoms with Crippen molar-refractivity contribution in [3.05, 3.63) is 54.2 Å². The molecule has 0 fully saturated rings. The minimum absolute atomic E-state index is 0.0965. The first-order valence-electron chi connectivity index (χ1n) is 6.28. The van der Waals surface area contributed by atoms with Gasteiger partial charge in [-0.05, 0) is 17.7 Å². The molecule has 0 radical (unpaired) electrons. The third-order valence-corrected chi connectivity index (χ3v) is 2.68. The number of hydrogen-bond acceptors (Lipinski definition) is 4. The summed E-state index contributed by atoms with van der Waals surface area (Å²) in [4.78, 5) is 13.7. The Morgan fingerprint density at radius 3 is 2.65 bits per heavy atom. The molecule has 6 nitrogen and oxygen atoms in total. The molecule has 0 saturated carbocycles. The van der Waals surface area contributed by atoms with E-state index in [0.717, 1.165) is 5.56 Å². The maximum Gasteiger partial charge on any atom is 0.323 e. The van der Waals surface area contributed by atoms with Crippen LogP contribution in [0.4, 0.5) is 10.6 Å². The summed E-state index contributed by atoms with van der Waals surface area (Å²) in [6, 6.07) is 12.6. The molecule has 6 heteroatoms. The summed E-state index contributed by atoms with van der Waals surface area (Å²) in [7, 11) is 0.